The van der Waals surface area contributed by atoms with Crippen molar-refractivity contribution in [3.05, 3.63) is 65.1 Å². The van der Waals surface area contributed by atoms with Gasteiger partial charge in [-0.25, -0.2) is 4.79 Å². The van der Waals surface area contributed by atoms with E-state index in [2.05, 4.69) is 5.32 Å². The molecule has 8 heteroatoms. The van der Waals surface area contributed by atoms with Gasteiger partial charge in [-0.15, -0.1) is 0 Å². The highest BCUT2D eigenvalue weighted by Gasteiger charge is 2.11. The van der Waals surface area contributed by atoms with Crippen molar-refractivity contribution in [3.8, 4) is 0 Å². The smallest absolute Gasteiger partial charge is 0.326 e. The summed E-state index contributed by atoms with van der Waals surface area (Å²) in [5.74, 6) is -1.54. The number of carbonyl (C=O) groups is 3. The number of imide groups is 1. The van der Waals surface area contributed by atoms with E-state index >= 15 is 0 Å². The fourth-order valence-electron chi connectivity index (χ4n) is 1.77. The Bertz CT molecular complexity index is 786. The first-order chi connectivity index (χ1) is 11.5. The minimum absolute atomic E-state index is 0.316. The summed E-state index contributed by atoms with van der Waals surface area (Å²) in [6.45, 7) is -0.939. The number of para-hydroxylation sites is 1. The molecule has 0 radical (unpaired) electrons. The lowest BCUT2D eigenvalue weighted by Gasteiger charge is -2.08. The number of hydrogen-bond acceptors (Lipinski definition) is 5. The van der Waals surface area contributed by atoms with Gasteiger partial charge in [0.2, 0.25) is 0 Å². The Labute approximate surface area is 137 Å². The van der Waals surface area contributed by atoms with E-state index < -0.39 is 24.5 Å². The molecule has 0 aliphatic heterocycles. The molecular formula is C16H15N3O5. The highest BCUT2D eigenvalue weighted by molar-refractivity contribution is 6.01. The van der Waals surface area contributed by atoms with Crippen molar-refractivity contribution in [1.29, 1.82) is 0 Å². The van der Waals surface area contributed by atoms with Gasteiger partial charge >= 0.3 is 12.0 Å². The number of esters is 1. The van der Waals surface area contributed by atoms with E-state index in [1.54, 1.807) is 42.5 Å². The minimum atomic E-state index is -0.780. The Morgan fingerprint density at radius 3 is 2.42 bits per heavy atom. The summed E-state index contributed by atoms with van der Waals surface area (Å²) < 4.78 is 5.86. The van der Waals surface area contributed by atoms with Crippen LogP contribution in [0.15, 0.2) is 59.5 Å². The SMILES string of the molecule is O=C(COC(=O)Cn1ccccc1=O)NC(=O)Nc1ccccc1. The number of nitrogens with one attached hydrogen (secondary N) is 2. The van der Waals surface area contributed by atoms with Crippen LogP contribution in [0.25, 0.3) is 0 Å². The number of aromatic nitrogens is 1. The van der Waals surface area contributed by atoms with Crippen LogP contribution in [0.4, 0.5) is 10.5 Å². The average Bonchev–Trinajstić information content (AvgIpc) is 2.56. The van der Waals surface area contributed by atoms with Gasteiger partial charge < -0.3 is 14.6 Å². The molecule has 0 bridgehead atoms. The number of benzene rings is 1. The summed E-state index contributed by atoms with van der Waals surface area (Å²) in [7, 11) is 0. The number of rotatable bonds is 5. The third-order valence-electron chi connectivity index (χ3n) is 2.85. The lowest BCUT2D eigenvalue weighted by atomic mass is 10.3. The van der Waals surface area contributed by atoms with Crippen molar-refractivity contribution in [2.45, 2.75) is 6.54 Å². The lowest BCUT2D eigenvalue weighted by molar-refractivity contribution is -0.148. The van der Waals surface area contributed by atoms with E-state index in [-0.39, 0.29) is 12.1 Å². The molecule has 1 aromatic carbocycles. The molecule has 0 unspecified atom stereocenters. The van der Waals surface area contributed by atoms with Crippen LogP contribution in [0.2, 0.25) is 0 Å². The molecule has 2 N–H and O–H groups in total. The Morgan fingerprint density at radius 1 is 1.00 bits per heavy atom. The first-order valence-electron chi connectivity index (χ1n) is 7.01. The predicted molar refractivity (Wildman–Crippen MR) is 85.3 cm³/mol. The summed E-state index contributed by atoms with van der Waals surface area (Å²) in [4.78, 5) is 46.1. The summed E-state index contributed by atoms with van der Waals surface area (Å²) in [5.41, 5.74) is 0.157. The summed E-state index contributed by atoms with van der Waals surface area (Å²) in [5, 5.41) is 4.48. The van der Waals surface area contributed by atoms with Crippen LogP contribution in [0.3, 0.4) is 0 Å². The van der Waals surface area contributed by atoms with Crippen molar-refractivity contribution in [2.75, 3.05) is 11.9 Å². The van der Waals surface area contributed by atoms with Gasteiger partial charge in [0.25, 0.3) is 11.5 Å². The molecule has 1 heterocycles. The van der Waals surface area contributed by atoms with E-state index in [9.17, 15) is 19.2 Å². The predicted octanol–water partition coefficient (Wildman–Crippen LogP) is 0.740. The van der Waals surface area contributed by atoms with Crippen LogP contribution in [0.1, 0.15) is 0 Å². The standard InChI is InChI=1S/C16H15N3O5/c20-13(18-16(23)17-12-6-2-1-3-7-12)11-24-15(22)10-19-9-5-4-8-14(19)21/h1-9H,10-11H2,(H2,17,18,20,23). The molecule has 0 saturated carbocycles. The normalized spacial score (nSPS) is 9.83. The molecule has 124 valence electrons. The van der Waals surface area contributed by atoms with Gasteiger partial charge in [-0.2, -0.15) is 0 Å². The van der Waals surface area contributed by atoms with Crippen LogP contribution in [0.5, 0.6) is 0 Å². The number of amides is 3. The third kappa shape index (κ3) is 5.41. The van der Waals surface area contributed by atoms with E-state index in [1.807, 2.05) is 5.32 Å². The molecule has 0 saturated heterocycles. The van der Waals surface area contributed by atoms with Crippen LogP contribution >= 0.6 is 0 Å². The van der Waals surface area contributed by atoms with Gasteiger partial charge in [0, 0.05) is 18.0 Å². The molecule has 0 spiro atoms. The Kier molecular flexibility index (Phi) is 5.84. The average molecular weight is 329 g/mol. The van der Waals surface area contributed by atoms with Crippen LogP contribution in [-0.2, 0) is 20.9 Å². The molecule has 8 nitrogen and oxygen atoms in total. The van der Waals surface area contributed by atoms with Crippen LogP contribution in [-0.4, -0.2) is 29.1 Å². The molecule has 2 aromatic rings. The van der Waals surface area contributed by atoms with Crippen LogP contribution < -0.4 is 16.2 Å². The van der Waals surface area contributed by atoms with E-state index in [4.69, 9.17) is 4.74 Å². The molecule has 0 atom stereocenters. The fourth-order valence-corrected chi connectivity index (χ4v) is 1.77. The minimum Gasteiger partial charge on any atom is -0.454 e. The van der Waals surface area contributed by atoms with Crippen molar-refractivity contribution >= 4 is 23.6 Å². The number of pyridine rings is 1. The third-order valence-corrected chi connectivity index (χ3v) is 2.85. The maximum Gasteiger partial charge on any atom is 0.326 e. The summed E-state index contributed by atoms with van der Waals surface area (Å²) >= 11 is 0. The second-order valence-corrected chi connectivity index (χ2v) is 4.70. The Balaban J connectivity index is 1.74. The fraction of sp³-hybridized carbons (Fsp3) is 0.125. The van der Waals surface area contributed by atoms with Crippen molar-refractivity contribution < 1.29 is 19.1 Å². The monoisotopic (exact) mass is 329 g/mol. The van der Waals surface area contributed by atoms with Gasteiger partial charge in [-0.1, -0.05) is 24.3 Å². The number of hydrogen-bond donors (Lipinski definition) is 2. The first kappa shape index (κ1) is 16.9. The zero-order chi connectivity index (χ0) is 17.4. The molecule has 2 rings (SSSR count). The van der Waals surface area contributed by atoms with Gasteiger partial charge in [0.05, 0.1) is 0 Å². The highest BCUT2D eigenvalue weighted by Crippen LogP contribution is 2.03. The molecular weight excluding hydrogens is 314 g/mol. The largest absolute Gasteiger partial charge is 0.454 e. The van der Waals surface area contributed by atoms with Gasteiger partial charge in [0.1, 0.15) is 6.54 Å². The number of carbonyl (C=O) groups excluding carboxylic acids is 3. The molecule has 1 aromatic heterocycles. The molecule has 0 aliphatic rings. The second-order valence-electron chi connectivity index (χ2n) is 4.70. The van der Waals surface area contributed by atoms with E-state index in [0.29, 0.717) is 5.69 Å². The van der Waals surface area contributed by atoms with Crippen molar-refractivity contribution in [3.63, 3.8) is 0 Å². The quantitative estimate of drug-likeness (QED) is 0.787. The topological polar surface area (TPSA) is 106 Å². The number of ether oxygens (including phenoxy) is 1. The van der Waals surface area contributed by atoms with E-state index in [0.717, 1.165) is 4.57 Å². The van der Waals surface area contributed by atoms with Crippen molar-refractivity contribution in [2.24, 2.45) is 0 Å². The Morgan fingerprint density at radius 2 is 1.71 bits per heavy atom. The number of anilines is 1. The van der Waals surface area contributed by atoms with Crippen LogP contribution in [0, 0.1) is 0 Å². The highest BCUT2D eigenvalue weighted by atomic mass is 16.5. The molecule has 0 aliphatic carbocycles. The summed E-state index contributed by atoms with van der Waals surface area (Å²) in [6, 6.07) is 12.2. The van der Waals surface area contributed by atoms with Crippen molar-refractivity contribution in [1.82, 2.24) is 9.88 Å². The molecule has 24 heavy (non-hydrogen) atoms. The summed E-state index contributed by atoms with van der Waals surface area (Å²) in [6.07, 6.45) is 1.43. The lowest BCUT2D eigenvalue weighted by Crippen LogP contribution is -2.37. The molecule has 3 amide bonds. The second kappa shape index (κ2) is 8.28. The van der Waals surface area contributed by atoms with Gasteiger partial charge in [-0.05, 0) is 18.2 Å². The van der Waals surface area contributed by atoms with E-state index in [1.165, 1.54) is 12.3 Å². The van der Waals surface area contributed by atoms with Gasteiger partial charge in [0.15, 0.2) is 6.61 Å². The first-order valence-corrected chi connectivity index (χ1v) is 7.01. The number of urea groups is 1. The number of nitrogens with zero attached hydrogens (tertiary/aromatic N) is 1. The maximum absolute atomic E-state index is 11.6. The Hall–Kier alpha value is -3.42. The zero-order valence-corrected chi connectivity index (χ0v) is 12.6. The molecule has 0 fully saturated rings. The van der Waals surface area contributed by atoms with Gasteiger partial charge in [-0.3, -0.25) is 19.7 Å². The maximum atomic E-state index is 11.6. The zero-order valence-electron chi connectivity index (χ0n) is 12.6.